The van der Waals surface area contributed by atoms with Crippen LogP contribution in [0.3, 0.4) is 0 Å². The van der Waals surface area contributed by atoms with Crippen LogP contribution < -0.4 is 11.1 Å². The van der Waals surface area contributed by atoms with E-state index in [2.05, 4.69) is 5.32 Å². The summed E-state index contributed by atoms with van der Waals surface area (Å²) in [6.45, 7) is 6.18. The summed E-state index contributed by atoms with van der Waals surface area (Å²) in [6, 6.07) is 10.5. The Balaban J connectivity index is 1.71. The average molecular weight is 550 g/mol. The van der Waals surface area contributed by atoms with Gasteiger partial charge in [-0.3, -0.25) is 0 Å². The number of carbonyl (C=O) groups excluding carboxylic acids is 2. The molecular weight excluding hydrogens is 521 g/mol. The lowest BCUT2D eigenvalue weighted by Gasteiger charge is -2.25. The molecule has 0 radical (unpaired) electrons. The van der Waals surface area contributed by atoms with Crippen LogP contribution in [0, 0.1) is 12.7 Å². The van der Waals surface area contributed by atoms with Gasteiger partial charge < -0.3 is 28.7 Å². The number of aryl methyl sites for hydroxylation is 1. The van der Waals surface area contributed by atoms with E-state index < -0.39 is 48.1 Å². The lowest BCUT2D eigenvalue weighted by atomic mass is 9.97. The fraction of sp³-hybridized carbons (Fsp3) is 0.370. The number of hydrogen-bond donors (Lipinski definition) is 2. The zero-order valence-corrected chi connectivity index (χ0v) is 22.1. The van der Waals surface area contributed by atoms with Gasteiger partial charge in [-0.15, -0.1) is 0 Å². The number of nitrogens with one attached hydrogen (secondary N) is 1. The summed E-state index contributed by atoms with van der Waals surface area (Å²) in [4.78, 5) is 36.0. The Morgan fingerprint density at radius 1 is 1.13 bits per heavy atom. The van der Waals surface area contributed by atoms with E-state index in [4.69, 9.17) is 29.9 Å². The number of aliphatic hydroxyl groups excluding tert-OH is 1. The van der Waals surface area contributed by atoms with Crippen molar-refractivity contribution in [2.75, 3.05) is 0 Å². The summed E-state index contributed by atoms with van der Waals surface area (Å²) in [5.74, 6) is -2.15. The Hall–Kier alpha value is -3.63. The maximum atomic E-state index is 14.2. The number of esters is 1. The van der Waals surface area contributed by atoms with Crippen molar-refractivity contribution in [2.24, 2.45) is 0 Å². The fourth-order valence-corrected chi connectivity index (χ4v) is 3.77. The van der Waals surface area contributed by atoms with E-state index in [1.807, 2.05) is 0 Å². The summed E-state index contributed by atoms with van der Waals surface area (Å²) in [6.07, 6.45) is -2.31. The maximum absolute atomic E-state index is 14.2. The molecule has 1 heterocycles. The van der Waals surface area contributed by atoms with E-state index in [1.165, 1.54) is 25.1 Å². The third-order valence-electron chi connectivity index (χ3n) is 5.36. The van der Waals surface area contributed by atoms with Crippen molar-refractivity contribution >= 4 is 23.7 Å². The Labute approximate surface area is 223 Å². The maximum Gasteiger partial charge on any atom is 0.519 e. The lowest BCUT2D eigenvalue weighted by Crippen LogP contribution is -2.43. The van der Waals surface area contributed by atoms with Crippen LogP contribution in [0.1, 0.15) is 44.3 Å². The molecule has 204 valence electrons. The molecule has 1 amide bonds. The van der Waals surface area contributed by atoms with Gasteiger partial charge in [-0.2, -0.15) is 0 Å². The highest BCUT2D eigenvalue weighted by atomic mass is 35.5. The monoisotopic (exact) mass is 549 g/mol. The normalized spacial score (nSPS) is 13.0. The van der Waals surface area contributed by atoms with Gasteiger partial charge in [0.1, 0.15) is 11.4 Å². The van der Waals surface area contributed by atoms with Gasteiger partial charge >= 0.3 is 17.9 Å². The molecule has 0 spiro atoms. The van der Waals surface area contributed by atoms with Crippen LogP contribution in [-0.4, -0.2) is 34.9 Å². The summed E-state index contributed by atoms with van der Waals surface area (Å²) >= 11 is 6.00. The van der Waals surface area contributed by atoms with Crippen LogP contribution in [-0.2, 0) is 27.3 Å². The van der Waals surface area contributed by atoms with E-state index in [0.29, 0.717) is 16.1 Å². The van der Waals surface area contributed by atoms with Gasteiger partial charge in [-0.05, 0) is 63.4 Å². The molecule has 0 saturated carbocycles. The molecule has 3 aromatic rings. The molecule has 0 bridgehead atoms. The molecule has 0 unspecified atom stereocenters. The van der Waals surface area contributed by atoms with Crippen molar-refractivity contribution in [3.8, 4) is 11.1 Å². The molecule has 0 saturated heterocycles. The van der Waals surface area contributed by atoms with Gasteiger partial charge in [-0.1, -0.05) is 35.9 Å². The summed E-state index contributed by atoms with van der Waals surface area (Å²) < 4.78 is 34.1. The predicted octanol–water partition coefficient (Wildman–Crippen LogP) is 4.93. The minimum atomic E-state index is -1.60. The summed E-state index contributed by atoms with van der Waals surface area (Å²) in [7, 11) is 0. The van der Waals surface area contributed by atoms with Gasteiger partial charge in [0.15, 0.2) is 24.2 Å². The first kappa shape index (κ1) is 28.9. The molecule has 11 heteroatoms. The van der Waals surface area contributed by atoms with Gasteiger partial charge in [0.05, 0.1) is 0 Å². The van der Waals surface area contributed by atoms with Crippen LogP contribution in [0.25, 0.3) is 11.1 Å². The van der Waals surface area contributed by atoms with Gasteiger partial charge in [0, 0.05) is 23.0 Å². The Morgan fingerprint density at radius 3 is 2.42 bits per heavy atom. The molecule has 9 nitrogen and oxygen atoms in total. The largest absolute Gasteiger partial charge is 0.519 e. The second-order valence-electron chi connectivity index (χ2n) is 9.66. The van der Waals surface area contributed by atoms with Crippen LogP contribution >= 0.6 is 11.6 Å². The molecule has 1 aromatic heterocycles. The molecular formula is C27H29ClFNO8. The number of halogens is 2. The molecule has 0 aliphatic carbocycles. The number of alkyl carbamates (subject to hydrolysis) is 1. The minimum absolute atomic E-state index is 0.0233. The number of carbonyl (C=O) groups is 2. The zero-order valence-electron chi connectivity index (χ0n) is 21.4. The van der Waals surface area contributed by atoms with Crippen LogP contribution in [0.2, 0.25) is 5.02 Å². The highest BCUT2D eigenvalue weighted by Gasteiger charge is 2.26. The van der Waals surface area contributed by atoms with E-state index in [9.17, 15) is 23.9 Å². The van der Waals surface area contributed by atoms with Gasteiger partial charge in [0.25, 0.3) is 0 Å². The topological polar surface area (TPSA) is 128 Å². The number of benzene rings is 2. The third kappa shape index (κ3) is 8.46. The highest BCUT2D eigenvalue weighted by Crippen LogP contribution is 2.26. The number of ether oxygens (including phenoxy) is 2. The number of hydrogen-bond acceptors (Lipinski definition) is 8. The smallest absolute Gasteiger partial charge is 0.455 e. The summed E-state index contributed by atoms with van der Waals surface area (Å²) in [5.41, 5.74) is 0.930. The van der Waals surface area contributed by atoms with Crippen molar-refractivity contribution in [2.45, 2.75) is 64.9 Å². The van der Waals surface area contributed by atoms with Crippen LogP contribution in [0.15, 0.2) is 56.1 Å². The quantitative estimate of drug-likeness (QED) is 0.359. The molecule has 0 fully saturated rings. The van der Waals surface area contributed by atoms with Crippen LogP contribution in [0.4, 0.5) is 9.18 Å². The van der Waals surface area contributed by atoms with Crippen molar-refractivity contribution in [1.82, 2.24) is 5.32 Å². The SMILES string of the molecule is Cc1oc(=O)oc1COC(=O)[C@H](O)C[C@@H](Cc1ccc(-c2cc(Cl)ccc2F)cc1)NC(=O)OC(C)(C)C. The first-order valence-electron chi connectivity index (χ1n) is 11.8. The lowest BCUT2D eigenvalue weighted by molar-refractivity contribution is -0.156. The second-order valence-corrected chi connectivity index (χ2v) is 10.1. The van der Waals surface area contributed by atoms with Crippen molar-refractivity contribution < 1.29 is 37.4 Å². The zero-order chi connectivity index (χ0) is 28.0. The number of amides is 1. The molecule has 38 heavy (non-hydrogen) atoms. The first-order chi connectivity index (χ1) is 17.8. The standard InChI is InChI=1S/C27H29ClFNO8/c1-15-23(37-26(34)36-15)14-35-24(32)22(31)13-19(30-25(33)38-27(2,3)4)11-16-5-7-17(8-6-16)20-12-18(28)9-10-21(20)29/h5-10,12,19,22,31H,11,13-14H2,1-4H3,(H,30,33)/t19-,22-/m1/s1. The highest BCUT2D eigenvalue weighted by molar-refractivity contribution is 6.30. The molecule has 2 N–H and O–H groups in total. The van der Waals surface area contributed by atoms with Crippen molar-refractivity contribution in [3.63, 3.8) is 0 Å². The van der Waals surface area contributed by atoms with E-state index in [1.54, 1.807) is 45.0 Å². The molecule has 0 aliphatic heterocycles. The third-order valence-corrected chi connectivity index (χ3v) is 5.59. The van der Waals surface area contributed by atoms with E-state index >= 15 is 0 Å². The predicted molar refractivity (Wildman–Crippen MR) is 136 cm³/mol. The minimum Gasteiger partial charge on any atom is -0.455 e. The molecule has 2 atom stereocenters. The van der Waals surface area contributed by atoms with Gasteiger partial charge in [-0.25, -0.2) is 18.8 Å². The Kier molecular flexibility index (Phi) is 9.35. The Morgan fingerprint density at radius 2 is 1.82 bits per heavy atom. The molecule has 3 rings (SSSR count). The van der Waals surface area contributed by atoms with Crippen molar-refractivity contribution in [1.29, 1.82) is 0 Å². The second kappa shape index (κ2) is 12.3. The molecule has 2 aromatic carbocycles. The average Bonchev–Trinajstić information content (AvgIpc) is 3.14. The van der Waals surface area contributed by atoms with Crippen LogP contribution in [0.5, 0.6) is 0 Å². The summed E-state index contributed by atoms with van der Waals surface area (Å²) in [5, 5.41) is 13.6. The fourth-order valence-electron chi connectivity index (χ4n) is 3.60. The Bertz CT molecular complexity index is 1330. The molecule has 0 aliphatic rings. The van der Waals surface area contributed by atoms with Gasteiger partial charge in [0.2, 0.25) is 0 Å². The van der Waals surface area contributed by atoms with E-state index in [-0.39, 0.29) is 24.4 Å². The number of aliphatic hydroxyl groups is 1. The number of rotatable bonds is 9. The van der Waals surface area contributed by atoms with E-state index in [0.717, 1.165) is 5.56 Å². The van der Waals surface area contributed by atoms with Crippen molar-refractivity contribution in [3.05, 3.63) is 81.0 Å². The first-order valence-corrected chi connectivity index (χ1v) is 12.2.